The molecule has 1 aromatic heterocycles. The molecule has 0 fully saturated rings. The summed E-state index contributed by atoms with van der Waals surface area (Å²) in [5, 5.41) is 7.92. The lowest BCUT2D eigenvalue weighted by Gasteiger charge is -1.92. The monoisotopic (exact) mass is 250 g/mol. The molecule has 5 heteroatoms. The average Bonchev–Trinajstić information content (AvgIpc) is 2.70. The van der Waals surface area contributed by atoms with E-state index in [-0.39, 0.29) is 0 Å². The van der Waals surface area contributed by atoms with E-state index in [1.807, 2.05) is 24.3 Å². The Morgan fingerprint density at radius 1 is 1.29 bits per heavy atom. The molecule has 0 atom stereocenters. The molecule has 2 rings (SSSR count). The molecule has 1 heterocycles. The number of nitrogens with zero attached hydrogens (tertiary/aromatic N) is 4. The minimum Gasteiger partial charge on any atom is -0.221 e. The first-order valence-corrected chi connectivity index (χ1v) is 4.78. The van der Waals surface area contributed by atoms with E-state index in [0.717, 1.165) is 10.0 Å². The fraction of sp³-hybridized carbons (Fsp3) is 0. The van der Waals surface area contributed by atoms with Gasteiger partial charge in [-0.2, -0.15) is 5.10 Å². The maximum Gasteiger partial charge on any atom is 0.139 e. The minimum atomic E-state index is 1.02. The van der Waals surface area contributed by atoms with Gasteiger partial charge in [-0.1, -0.05) is 28.1 Å². The quantitative estimate of drug-likeness (QED) is 0.765. The molecule has 0 spiro atoms. The van der Waals surface area contributed by atoms with Gasteiger partial charge in [0.25, 0.3) is 0 Å². The zero-order valence-electron chi connectivity index (χ0n) is 7.21. The van der Waals surface area contributed by atoms with Gasteiger partial charge in [-0.05, 0) is 17.7 Å². The maximum absolute atomic E-state index is 4.07. The third kappa shape index (κ3) is 2.26. The van der Waals surface area contributed by atoms with Gasteiger partial charge >= 0.3 is 0 Å². The number of halogens is 1. The Balaban J connectivity index is 2.15. The van der Waals surface area contributed by atoms with Gasteiger partial charge in [0.15, 0.2) is 0 Å². The van der Waals surface area contributed by atoms with Crippen LogP contribution in [0.1, 0.15) is 5.56 Å². The molecule has 0 aliphatic carbocycles. The Hall–Kier alpha value is -1.49. The van der Waals surface area contributed by atoms with Gasteiger partial charge in [0.2, 0.25) is 0 Å². The van der Waals surface area contributed by atoms with Gasteiger partial charge in [-0.15, -0.1) is 9.89 Å². The highest BCUT2D eigenvalue weighted by Crippen LogP contribution is 2.08. The highest BCUT2D eigenvalue weighted by Gasteiger charge is 1.88. The highest BCUT2D eigenvalue weighted by molar-refractivity contribution is 9.10. The molecular weight excluding hydrogens is 244 g/mol. The van der Waals surface area contributed by atoms with E-state index in [2.05, 4.69) is 31.1 Å². The molecule has 0 saturated carbocycles. The van der Waals surface area contributed by atoms with Crippen LogP contribution in [0.5, 0.6) is 0 Å². The van der Waals surface area contributed by atoms with Crippen molar-refractivity contribution < 1.29 is 0 Å². The van der Waals surface area contributed by atoms with Crippen LogP contribution >= 0.6 is 15.9 Å². The number of benzene rings is 1. The normalized spacial score (nSPS) is 10.9. The van der Waals surface area contributed by atoms with Crippen molar-refractivity contribution in [2.75, 3.05) is 0 Å². The predicted molar refractivity (Wildman–Crippen MR) is 57.2 cm³/mol. The van der Waals surface area contributed by atoms with E-state index in [9.17, 15) is 0 Å². The van der Waals surface area contributed by atoms with E-state index in [4.69, 9.17) is 0 Å². The van der Waals surface area contributed by atoms with Crippen LogP contribution in [0.4, 0.5) is 0 Å². The first-order valence-electron chi connectivity index (χ1n) is 3.99. The fourth-order valence-corrected chi connectivity index (χ4v) is 1.20. The minimum absolute atomic E-state index is 1.02. The highest BCUT2D eigenvalue weighted by atomic mass is 79.9. The van der Waals surface area contributed by atoms with Crippen molar-refractivity contribution in [3.63, 3.8) is 0 Å². The molecule has 0 bridgehead atoms. The van der Waals surface area contributed by atoms with Gasteiger partial charge in [0.05, 0.1) is 6.21 Å². The molecule has 0 aliphatic rings. The van der Waals surface area contributed by atoms with Crippen molar-refractivity contribution in [2.24, 2.45) is 5.10 Å². The molecule has 0 saturated heterocycles. The topological polar surface area (TPSA) is 43.1 Å². The maximum atomic E-state index is 4.07. The van der Waals surface area contributed by atoms with E-state index in [0.29, 0.717) is 0 Å². The van der Waals surface area contributed by atoms with E-state index < -0.39 is 0 Å². The third-order valence-electron chi connectivity index (χ3n) is 1.60. The van der Waals surface area contributed by atoms with Gasteiger partial charge in [-0.25, -0.2) is 4.98 Å². The van der Waals surface area contributed by atoms with Gasteiger partial charge < -0.3 is 0 Å². The number of hydrogen-bond acceptors (Lipinski definition) is 3. The Bertz CT molecular complexity index is 419. The van der Waals surface area contributed by atoms with Crippen LogP contribution in [0.3, 0.4) is 0 Å². The summed E-state index contributed by atoms with van der Waals surface area (Å²) in [6.07, 6.45) is 4.70. The lowest BCUT2D eigenvalue weighted by molar-refractivity contribution is 0.743. The van der Waals surface area contributed by atoms with Crippen LogP contribution in [-0.4, -0.2) is 21.1 Å². The summed E-state index contributed by atoms with van der Waals surface area (Å²) >= 11 is 3.36. The number of aromatic nitrogens is 3. The summed E-state index contributed by atoms with van der Waals surface area (Å²) in [4.78, 5) is 5.18. The number of hydrogen-bond donors (Lipinski definition) is 0. The summed E-state index contributed by atoms with van der Waals surface area (Å²) in [7, 11) is 0. The van der Waals surface area contributed by atoms with E-state index >= 15 is 0 Å². The molecule has 0 aliphatic heterocycles. The Kier molecular flexibility index (Phi) is 2.69. The zero-order valence-corrected chi connectivity index (χ0v) is 8.79. The van der Waals surface area contributed by atoms with Crippen LogP contribution in [0.25, 0.3) is 0 Å². The molecule has 4 nitrogen and oxygen atoms in total. The second kappa shape index (κ2) is 4.15. The Morgan fingerprint density at radius 2 is 2.07 bits per heavy atom. The Morgan fingerprint density at radius 3 is 2.71 bits per heavy atom. The van der Waals surface area contributed by atoms with Crippen LogP contribution < -0.4 is 0 Å². The van der Waals surface area contributed by atoms with Gasteiger partial charge in [0.1, 0.15) is 12.7 Å². The van der Waals surface area contributed by atoms with Crippen molar-refractivity contribution in [2.45, 2.75) is 0 Å². The fourth-order valence-electron chi connectivity index (χ4n) is 0.936. The average molecular weight is 251 g/mol. The second-order valence-corrected chi connectivity index (χ2v) is 3.53. The van der Waals surface area contributed by atoms with Crippen LogP contribution in [0, 0.1) is 0 Å². The standard InChI is InChI=1S/C9H7BrN4/c10-9-3-1-8(2-4-9)5-12-14-7-11-6-13-14/h1-7H. The van der Waals surface area contributed by atoms with Gasteiger partial charge in [0, 0.05) is 4.47 Å². The molecule has 0 unspecified atom stereocenters. The molecule has 0 amide bonds. The molecule has 0 N–H and O–H groups in total. The molecule has 70 valence electrons. The lowest BCUT2D eigenvalue weighted by Crippen LogP contribution is -1.90. The molecular formula is C9H7BrN4. The summed E-state index contributed by atoms with van der Waals surface area (Å²) in [5.41, 5.74) is 1.02. The molecule has 2 aromatic rings. The lowest BCUT2D eigenvalue weighted by atomic mass is 10.2. The van der Waals surface area contributed by atoms with Crippen molar-refractivity contribution in [3.8, 4) is 0 Å². The zero-order chi connectivity index (χ0) is 9.80. The summed E-state index contributed by atoms with van der Waals surface area (Å²) in [5.74, 6) is 0. The smallest absolute Gasteiger partial charge is 0.139 e. The predicted octanol–water partition coefficient (Wildman–Crippen LogP) is 1.92. The van der Waals surface area contributed by atoms with Crippen molar-refractivity contribution >= 4 is 22.1 Å². The number of rotatable bonds is 2. The molecule has 0 radical (unpaired) electrons. The van der Waals surface area contributed by atoms with Crippen LogP contribution in [0.2, 0.25) is 0 Å². The largest absolute Gasteiger partial charge is 0.221 e. The Labute approximate surface area is 89.4 Å². The van der Waals surface area contributed by atoms with E-state index in [1.165, 1.54) is 17.4 Å². The summed E-state index contributed by atoms with van der Waals surface area (Å²) in [6.45, 7) is 0. The van der Waals surface area contributed by atoms with E-state index in [1.54, 1.807) is 6.21 Å². The van der Waals surface area contributed by atoms with Crippen molar-refractivity contribution in [1.82, 2.24) is 14.9 Å². The SMILES string of the molecule is Brc1ccc(C=Nn2cncn2)cc1. The first kappa shape index (κ1) is 9.08. The van der Waals surface area contributed by atoms with Gasteiger partial charge in [-0.3, -0.25) is 0 Å². The van der Waals surface area contributed by atoms with Crippen molar-refractivity contribution in [3.05, 3.63) is 47.0 Å². The third-order valence-corrected chi connectivity index (χ3v) is 2.13. The molecule has 1 aromatic carbocycles. The summed E-state index contributed by atoms with van der Waals surface area (Å²) < 4.78 is 1.05. The first-order chi connectivity index (χ1) is 6.84. The van der Waals surface area contributed by atoms with Crippen LogP contribution in [0.15, 0.2) is 46.5 Å². The van der Waals surface area contributed by atoms with Crippen LogP contribution in [-0.2, 0) is 0 Å². The molecule has 14 heavy (non-hydrogen) atoms. The second-order valence-electron chi connectivity index (χ2n) is 2.61. The summed E-state index contributed by atoms with van der Waals surface area (Å²) in [6, 6.07) is 7.85. The van der Waals surface area contributed by atoms with Crippen molar-refractivity contribution in [1.29, 1.82) is 0 Å².